The molecule has 1 unspecified atom stereocenters. The smallest absolute Gasteiger partial charge is 0.199 e. The van der Waals surface area contributed by atoms with E-state index < -0.39 is 0 Å². The van der Waals surface area contributed by atoms with E-state index in [2.05, 4.69) is 65.9 Å². The van der Waals surface area contributed by atoms with Gasteiger partial charge in [0.05, 0.1) is 5.70 Å². The van der Waals surface area contributed by atoms with Gasteiger partial charge >= 0.3 is 0 Å². The molecule has 0 saturated heterocycles. The lowest BCUT2D eigenvalue weighted by molar-refractivity contribution is 0.233. The van der Waals surface area contributed by atoms with E-state index in [1.165, 1.54) is 5.56 Å². The fraction of sp³-hybridized carbons (Fsp3) is 0.273. The highest BCUT2D eigenvalue weighted by molar-refractivity contribution is 5.95. The Morgan fingerprint density at radius 1 is 1.26 bits per heavy atom. The molecule has 0 fully saturated rings. The van der Waals surface area contributed by atoms with Crippen molar-refractivity contribution in [3.8, 4) is 0 Å². The second-order valence-corrected chi connectivity index (χ2v) is 6.06. The summed E-state index contributed by atoms with van der Waals surface area (Å²) >= 11 is 0. The van der Waals surface area contributed by atoms with Crippen LogP contribution >= 0.6 is 0 Å². The summed E-state index contributed by atoms with van der Waals surface area (Å²) in [7, 11) is 0. The van der Waals surface area contributed by atoms with Gasteiger partial charge in [-0.15, -0.1) is 0 Å². The van der Waals surface area contributed by atoms with Crippen molar-refractivity contribution < 1.29 is 0 Å². The first kappa shape index (κ1) is 22.1. The molecule has 0 aliphatic rings. The Hall–Kier alpha value is -2.92. The summed E-state index contributed by atoms with van der Waals surface area (Å²) < 4.78 is 0. The van der Waals surface area contributed by atoms with Gasteiger partial charge in [0, 0.05) is 18.3 Å². The van der Waals surface area contributed by atoms with Crippen LogP contribution in [0.25, 0.3) is 0 Å². The summed E-state index contributed by atoms with van der Waals surface area (Å²) in [6.45, 7) is 19.2. The monoisotopic (exact) mass is 365 g/mol. The maximum Gasteiger partial charge on any atom is 0.199 e. The summed E-state index contributed by atoms with van der Waals surface area (Å²) in [5.74, 6) is 0.774. The third kappa shape index (κ3) is 7.88. The van der Waals surface area contributed by atoms with Gasteiger partial charge < -0.3 is 11.1 Å². The summed E-state index contributed by atoms with van der Waals surface area (Å²) in [5.41, 5.74) is 8.73. The summed E-state index contributed by atoms with van der Waals surface area (Å²) in [5, 5.41) is 3.08. The molecule has 0 amide bonds. The van der Waals surface area contributed by atoms with Gasteiger partial charge in [0.15, 0.2) is 5.96 Å². The van der Waals surface area contributed by atoms with Crippen LogP contribution in [0.1, 0.15) is 26.3 Å². The first-order chi connectivity index (χ1) is 12.9. The molecule has 1 aromatic carbocycles. The Morgan fingerprint density at radius 2 is 1.93 bits per heavy atom. The van der Waals surface area contributed by atoms with Crippen LogP contribution in [-0.4, -0.2) is 29.3 Å². The predicted molar refractivity (Wildman–Crippen MR) is 117 cm³/mol. The standard InChI is InChI=1S/C22H31N5/c1-7-13-21(8-2)25-19(6)26-22(23)24-17(4)18(5)27(9-3)16-20-14-11-10-12-15-20/h7-8,10-15,18H,1-2,4,9,16H2,3,5-6H3,(H3,23,24,25,26)/b21-13+. The summed E-state index contributed by atoms with van der Waals surface area (Å²) in [6, 6.07) is 10.4. The van der Waals surface area contributed by atoms with E-state index in [0.29, 0.717) is 11.5 Å². The molecule has 27 heavy (non-hydrogen) atoms. The van der Waals surface area contributed by atoms with Crippen molar-refractivity contribution in [1.29, 1.82) is 0 Å². The molecule has 0 heterocycles. The SMILES string of the molecule is C=C/C=C(\C=C)N=C(C)N=C(N)NC(=C)C(C)N(CC)Cc1ccccc1. The quantitative estimate of drug-likeness (QED) is 0.395. The minimum Gasteiger partial charge on any atom is -0.369 e. The molecule has 0 aliphatic heterocycles. The minimum atomic E-state index is 0.0885. The number of nitrogens with two attached hydrogens (primary N) is 1. The van der Waals surface area contributed by atoms with Crippen molar-refractivity contribution in [2.45, 2.75) is 33.4 Å². The maximum atomic E-state index is 6.01. The van der Waals surface area contributed by atoms with E-state index in [9.17, 15) is 0 Å². The number of amidine groups is 1. The van der Waals surface area contributed by atoms with Crippen molar-refractivity contribution >= 4 is 11.8 Å². The topological polar surface area (TPSA) is 66.0 Å². The molecule has 5 nitrogen and oxygen atoms in total. The number of nitrogens with one attached hydrogen (secondary N) is 1. The van der Waals surface area contributed by atoms with Gasteiger partial charge in [-0.25, -0.2) is 9.98 Å². The van der Waals surface area contributed by atoms with Crippen LogP contribution in [0.2, 0.25) is 0 Å². The van der Waals surface area contributed by atoms with Gasteiger partial charge in [-0.3, -0.25) is 4.90 Å². The molecule has 0 aliphatic carbocycles. The zero-order valence-electron chi connectivity index (χ0n) is 16.7. The van der Waals surface area contributed by atoms with Crippen molar-refractivity contribution in [2.24, 2.45) is 15.7 Å². The summed E-state index contributed by atoms with van der Waals surface area (Å²) in [4.78, 5) is 10.9. The zero-order chi connectivity index (χ0) is 20.2. The fourth-order valence-corrected chi connectivity index (χ4v) is 2.52. The molecule has 3 N–H and O–H groups in total. The van der Waals surface area contributed by atoms with Crippen LogP contribution < -0.4 is 11.1 Å². The number of nitrogens with zero attached hydrogens (tertiary/aromatic N) is 3. The molecule has 0 bridgehead atoms. The van der Waals surface area contributed by atoms with Gasteiger partial charge in [-0.05, 0) is 38.1 Å². The van der Waals surface area contributed by atoms with Crippen molar-refractivity contribution in [3.05, 3.63) is 85.3 Å². The normalized spacial score (nSPS) is 14.0. The lowest BCUT2D eigenvalue weighted by Gasteiger charge is -2.29. The van der Waals surface area contributed by atoms with E-state index in [-0.39, 0.29) is 12.0 Å². The lowest BCUT2D eigenvalue weighted by Crippen LogP contribution is -2.42. The second-order valence-electron chi connectivity index (χ2n) is 6.06. The number of allylic oxidation sites excluding steroid dienone is 3. The number of rotatable bonds is 9. The second kappa shape index (κ2) is 11.6. The Morgan fingerprint density at radius 3 is 2.48 bits per heavy atom. The number of benzene rings is 1. The van der Waals surface area contributed by atoms with Crippen LogP contribution in [0.15, 0.2) is 89.7 Å². The molecular formula is C22H31N5. The number of aliphatic imine (C=N–C) groups is 2. The van der Waals surface area contributed by atoms with E-state index in [1.54, 1.807) is 25.2 Å². The van der Waals surface area contributed by atoms with Crippen molar-refractivity contribution in [1.82, 2.24) is 10.2 Å². The molecular weight excluding hydrogens is 334 g/mol. The molecule has 0 saturated carbocycles. The average molecular weight is 366 g/mol. The minimum absolute atomic E-state index is 0.0885. The lowest BCUT2D eigenvalue weighted by atomic mass is 10.1. The predicted octanol–water partition coefficient (Wildman–Crippen LogP) is 3.99. The number of hydrogen-bond acceptors (Lipinski definition) is 2. The molecule has 5 heteroatoms. The van der Waals surface area contributed by atoms with Crippen molar-refractivity contribution in [3.63, 3.8) is 0 Å². The molecule has 0 radical (unpaired) electrons. The van der Waals surface area contributed by atoms with Crippen LogP contribution in [-0.2, 0) is 6.54 Å². The average Bonchev–Trinajstić information content (AvgIpc) is 2.65. The summed E-state index contributed by atoms with van der Waals surface area (Å²) in [6.07, 6.45) is 5.03. The Balaban J connectivity index is 2.77. The number of likely N-dealkylation sites (N-methyl/N-ethyl adjacent to an activating group) is 1. The third-order valence-electron chi connectivity index (χ3n) is 4.05. The van der Waals surface area contributed by atoms with Gasteiger partial charge in [-0.1, -0.05) is 63.1 Å². The first-order valence-corrected chi connectivity index (χ1v) is 8.99. The Bertz CT molecular complexity index is 728. The molecule has 1 rings (SSSR count). The molecule has 0 spiro atoms. The van der Waals surface area contributed by atoms with Gasteiger partial charge in [0.1, 0.15) is 5.84 Å². The van der Waals surface area contributed by atoms with Gasteiger partial charge in [0.2, 0.25) is 0 Å². The molecule has 1 atom stereocenters. The van der Waals surface area contributed by atoms with E-state index in [4.69, 9.17) is 5.73 Å². The Kier molecular flexibility index (Phi) is 9.54. The highest BCUT2D eigenvalue weighted by Crippen LogP contribution is 2.11. The van der Waals surface area contributed by atoms with Gasteiger partial charge in [0.25, 0.3) is 0 Å². The van der Waals surface area contributed by atoms with Crippen molar-refractivity contribution in [2.75, 3.05) is 6.54 Å². The highest BCUT2D eigenvalue weighted by Gasteiger charge is 2.16. The maximum absolute atomic E-state index is 6.01. The number of hydrogen-bond donors (Lipinski definition) is 2. The van der Waals surface area contributed by atoms with Crippen LogP contribution in [0.5, 0.6) is 0 Å². The fourth-order valence-electron chi connectivity index (χ4n) is 2.52. The van der Waals surface area contributed by atoms with E-state index in [0.717, 1.165) is 18.8 Å². The highest BCUT2D eigenvalue weighted by atomic mass is 15.2. The molecule has 0 aromatic heterocycles. The van der Waals surface area contributed by atoms with Crippen LogP contribution in [0, 0.1) is 0 Å². The first-order valence-electron chi connectivity index (χ1n) is 8.99. The van der Waals surface area contributed by atoms with E-state index in [1.807, 2.05) is 18.2 Å². The number of guanidine groups is 1. The molecule has 144 valence electrons. The molecule has 1 aromatic rings. The van der Waals surface area contributed by atoms with Gasteiger partial charge in [-0.2, -0.15) is 0 Å². The largest absolute Gasteiger partial charge is 0.369 e. The van der Waals surface area contributed by atoms with E-state index >= 15 is 0 Å². The third-order valence-corrected chi connectivity index (χ3v) is 4.05. The Labute approximate surface area is 163 Å². The van der Waals surface area contributed by atoms with Crippen LogP contribution in [0.4, 0.5) is 0 Å². The zero-order valence-corrected chi connectivity index (χ0v) is 16.7. The van der Waals surface area contributed by atoms with Crippen LogP contribution in [0.3, 0.4) is 0 Å².